The fourth-order valence-corrected chi connectivity index (χ4v) is 2.36. The van der Waals surface area contributed by atoms with Gasteiger partial charge in [0.2, 0.25) is 0 Å². The topological polar surface area (TPSA) is 43.0 Å². The van der Waals surface area contributed by atoms with Gasteiger partial charge < -0.3 is 9.73 Å². The van der Waals surface area contributed by atoms with Gasteiger partial charge in [0.25, 0.3) is 0 Å². The van der Waals surface area contributed by atoms with Gasteiger partial charge in [0, 0.05) is 19.2 Å². The molecule has 1 saturated carbocycles. The van der Waals surface area contributed by atoms with E-state index in [4.69, 9.17) is 4.42 Å². The van der Waals surface area contributed by atoms with Crippen LogP contribution >= 0.6 is 0 Å². The van der Waals surface area contributed by atoms with Crippen molar-refractivity contribution < 1.29 is 4.42 Å². The van der Waals surface area contributed by atoms with Crippen molar-refractivity contribution in [3.8, 4) is 0 Å². The van der Waals surface area contributed by atoms with Gasteiger partial charge in [0.15, 0.2) is 0 Å². The maximum Gasteiger partial charge on any atom is 0.123 e. The van der Waals surface area contributed by atoms with Crippen molar-refractivity contribution in [2.24, 2.45) is 13.0 Å². The van der Waals surface area contributed by atoms with Crippen LogP contribution in [0.2, 0.25) is 0 Å². The molecule has 0 saturated heterocycles. The maximum absolute atomic E-state index is 5.86. The van der Waals surface area contributed by atoms with Crippen LogP contribution in [0.25, 0.3) is 0 Å². The summed E-state index contributed by atoms with van der Waals surface area (Å²) >= 11 is 0. The quantitative estimate of drug-likeness (QED) is 0.900. The Bertz CT molecular complexity index is 555. The summed E-state index contributed by atoms with van der Waals surface area (Å²) in [5, 5.41) is 7.66. The lowest BCUT2D eigenvalue weighted by atomic mass is 10.3. The number of aryl methyl sites for hydroxylation is 2. The minimum atomic E-state index is 0.652. The molecule has 3 rings (SSSR count). The Hall–Kier alpha value is -1.71. The molecule has 96 valence electrons. The highest BCUT2D eigenvalue weighted by Crippen LogP contribution is 2.47. The third-order valence-corrected chi connectivity index (χ3v) is 3.62. The molecule has 0 aliphatic heterocycles. The van der Waals surface area contributed by atoms with E-state index in [1.54, 1.807) is 0 Å². The number of anilines is 1. The summed E-state index contributed by atoms with van der Waals surface area (Å²) in [6, 6.07) is 4.18. The molecule has 2 unspecified atom stereocenters. The molecule has 0 amide bonds. The summed E-state index contributed by atoms with van der Waals surface area (Å²) in [5.74, 6) is 3.57. The Balaban J connectivity index is 1.63. The lowest BCUT2D eigenvalue weighted by Crippen LogP contribution is -1.98. The van der Waals surface area contributed by atoms with Gasteiger partial charge in [-0.25, -0.2) is 0 Å². The number of hydrogen-bond acceptors (Lipinski definition) is 3. The number of nitrogens with one attached hydrogen (secondary N) is 1. The minimum Gasteiger partial charge on any atom is -0.464 e. The van der Waals surface area contributed by atoms with E-state index in [9.17, 15) is 0 Å². The molecule has 18 heavy (non-hydrogen) atoms. The number of aromatic nitrogens is 2. The number of hydrogen-bond donors (Lipinski definition) is 1. The average molecular weight is 245 g/mol. The van der Waals surface area contributed by atoms with Gasteiger partial charge in [-0.15, -0.1) is 0 Å². The predicted molar refractivity (Wildman–Crippen MR) is 70.5 cm³/mol. The smallest absolute Gasteiger partial charge is 0.123 e. The summed E-state index contributed by atoms with van der Waals surface area (Å²) in [4.78, 5) is 0. The Morgan fingerprint density at radius 1 is 1.50 bits per heavy atom. The fraction of sp³-hybridized carbons (Fsp3) is 0.500. The van der Waals surface area contributed by atoms with Crippen LogP contribution in [-0.2, 0) is 13.6 Å². The lowest BCUT2D eigenvalue weighted by Gasteiger charge is -2.01. The first-order chi connectivity index (χ1) is 8.63. The Morgan fingerprint density at radius 2 is 2.28 bits per heavy atom. The summed E-state index contributed by atoms with van der Waals surface area (Å²) in [7, 11) is 1.93. The van der Waals surface area contributed by atoms with Gasteiger partial charge in [-0.3, -0.25) is 4.68 Å². The Morgan fingerprint density at radius 3 is 2.89 bits per heavy atom. The zero-order chi connectivity index (χ0) is 12.7. The second-order valence-electron chi connectivity index (χ2n) is 5.28. The highest BCUT2D eigenvalue weighted by atomic mass is 16.3. The summed E-state index contributed by atoms with van der Waals surface area (Å²) in [6.45, 7) is 4.99. The van der Waals surface area contributed by atoms with Crippen LogP contribution in [0.3, 0.4) is 0 Å². The fourth-order valence-electron chi connectivity index (χ4n) is 2.36. The molecule has 1 aliphatic carbocycles. The van der Waals surface area contributed by atoms with E-state index in [0.717, 1.165) is 28.8 Å². The predicted octanol–water partition coefficient (Wildman–Crippen LogP) is 3.06. The van der Waals surface area contributed by atoms with Crippen molar-refractivity contribution in [2.75, 3.05) is 5.32 Å². The monoisotopic (exact) mass is 245 g/mol. The van der Waals surface area contributed by atoms with Gasteiger partial charge in [0.1, 0.15) is 11.5 Å². The van der Waals surface area contributed by atoms with Crippen LogP contribution in [0.4, 0.5) is 5.69 Å². The molecule has 4 heteroatoms. The highest BCUT2D eigenvalue weighted by Gasteiger charge is 2.36. The number of rotatable bonds is 4. The zero-order valence-corrected chi connectivity index (χ0v) is 11.1. The van der Waals surface area contributed by atoms with E-state index in [1.165, 1.54) is 6.42 Å². The molecule has 0 radical (unpaired) electrons. The molecule has 0 bridgehead atoms. The van der Waals surface area contributed by atoms with Crippen LogP contribution in [-0.4, -0.2) is 9.78 Å². The first-order valence-corrected chi connectivity index (χ1v) is 6.46. The normalized spacial score (nSPS) is 22.2. The third-order valence-electron chi connectivity index (χ3n) is 3.62. The molecule has 2 aromatic heterocycles. The van der Waals surface area contributed by atoms with Crippen LogP contribution in [0, 0.1) is 12.8 Å². The molecule has 4 nitrogen and oxygen atoms in total. The standard InChI is InChI=1S/C14H19N3O/c1-9-6-12(9)14-5-4-11(18-14)7-15-13-8-17(3)16-10(13)2/h4-5,8-9,12,15H,6-7H2,1-3H3. The minimum absolute atomic E-state index is 0.652. The molecule has 2 atom stereocenters. The van der Waals surface area contributed by atoms with Gasteiger partial charge >= 0.3 is 0 Å². The van der Waals surface area contributed by atoms with E-state index in [2.05, 4.69) is 29.5 Å². The molecular weight excluding hydrogens is 226 g/mol. The van der Waals surface area contributed by atoms with Crippen molar-refractivity contribution in [1.82, 2.24) is 9.78 Å². The lowest BCUT2D eigenvalue weighted by molar-refractivity contribution is 0.468. The summed E-state index contributed by atoms with van der Waals surface area (Å²) in [6.07, 6.45) is 3.25. The molecular formula is C14H19N3O. The summed E-state index contributed by atoms with van der Waals surface area (Å²) in [5.41, 5.74) is 2.08. The van der Waals surface area contributed by atoms with Gasteiger partial charge in [-0.2, -0.15) is 5.10 Å². The van der Waals surface area contributed by atoms with Crippen LogP contribution < -0.4 is 5.32 Å². The SMILES string of the molecule is Cc1nn(C)cc1NCc1ccc(C2CC2C)o1. The Kier molecular flexibility index (Phi) is 2.65. The highest BCUT2D eigenvalue weighted by molar-refractivity contribution is 5.45. The molecule has 1 aliphatic rings. The van der Waals surface area contributed by atoms with E-state index < -0.39 is 0 Å². The molecule has 0 spiro atoms. The van der Waals surface area contributed by atoms with Crippen LogP contribution in [0.1, 0.15) is 36.5 Å². The van der Waals surface area contributed by atoms with Gasteiger partial charge in [0.05, 0.1) is 17.9 Å². The molecule has 2 heterocycles. The van der Waals surface area contributed by atoms with Gasteiger partial charge in [-0.1, -0.05) is 6.92 Å². The molecule has 1 N–H and O–H groups in total. The number of furan rings is 1. The van der Waals surface area contributed by atoms with E-state index in [1.807, 2.05) is 24.9 Å². The van der Waals surface area contributed by atoms with Crippen molar-refractivity contribution >= 4 is 5.69 Å². The van der Waals surface area contributed by atoms with Crippen molar-refractivity contribution in [2.45, 2.75) is 32.7 Å². The first kappa shape index (κ1) is 11.4. The third kappa shape index (κ3) is 2.15. The molecule has 1 fully saturated rings. The van der Waals surface area contributed by atoms with E-state index in [-0.39, 0.29) is 0 Å². The van der Waals surface area contributed by atoms with Crippen molar-refractivity contribution in [3.63, 3.8) is 0 Å². The average Bonchev–Trinajstić information content (AvgIpc) is 2.74. The van der Waals surface area contributed by atoms with Crippen molar-refractivity contribution in [3.05, 3.63) is 35.5 Å². The molecule has 2 aromatic rings. The van der Waals surface area contributed by atoms with Crippen LogP contribution in [0.5, 0.6) is 0 Å². The maximum atomic E-state index is 5.86. The largest absolute Gasteiger partial charge is 0.464 e. The summed E-state index contributed by atoms with van der Waals surface area (Å²) < 4.78 is 7.67. The zero-order valence-electron chi connectivity index (χ0n) is 11.1. The van der Waals surface area contributed by atoms with Crippen molar-refractivity contribution in [1.29, 1.82) is 0 Å². The van der Waals surface area contributed by atoms with Crippen LogP contribution in [0.15, 0.2) is 22.7 Å². The second-order valence-corrected chi connectivity index (χ2v) is 5.28. The van der Waals surface area contributed by atoms with Gasteiger partial charge in [-0.05, 0) is 31.4 Å². The van der Waals surface area contributed by atoms with E-state index in [0.29, 0.717) is 12.5 Å². The molecule has 0 aromatic carbocycles. The number of nitrogens with zero attached hydrogens (tertiary/aromatic N) is 2. The van der Waals surface area contributed by atoms with E-state index >= 15 is 0 Å². The Labute approximate surface area is 107 Å². The second kappa shape index (κ2) is 4.19. The first-order valence-electron chi connectivity index (χ1n) is 6.46.